The molecule has 2 N–H and O–H groups in total. The third kappa shape index (κ3) is 2.80. The van der Waals surface area contributed by atoms with Crippen molar-refractivity contribution >= 4 is 23.1 Å². The average molecular weight is 316 g/mol. The summed E-state index contributed by atoms with van der Waals surface area (Å²) in [6.45, 7) is 2.10. The summed E-state index contributed by atoms with van der Waals surface area (Å²) in [5.41, 5.74) is 0.953. The Kier molecular flexibility index (Phi) is 3.72. The van der Waals surface area contributed by atoms with Crippen molar-refractivity contribution in [2.24, 2.45) is 5.92 Å². The molecular weight excluding hydrogens is 296 g/mol. The second kappa shape index (κ2) is 5.85. The SMILES string of the molecule is O=C(Nc1cc(-c2cccs2)[nH]n1)C(C1CC1)N1CCCC1. The highest BCUT2D eigenvalue weighted by atomic mass is 32.1. The number of likely N-dealkylation sites (tertiary alicyclic amines) is 1. The quantitative estimate of drug-likeness (QED) is 0.891. The molecule has 0 aromatic carbocycles. The molecule has 1 saturated carbocycles. The molecule has 0 radical (unpaired) electrons. The topological polar surface area (TPSA) is 61.0 Å². The smallest absolute Gasteiger partial charge is 0.243 e. The van der Waals surface area contributed by atoms with Crippen molar-refractivity contribution in [3.05, 3.63) is 23.6 Å². The highest BCUT2D eigenvalue weighted by Gasteiger charge is 2.41. The maximum absolute atomic E-state index is 12.7. The van der Waals surface area contributed by atoms with Crippen LogP contribution >= 0.6 is 11.3 Å². The zero-order valence-electron chi connectivity index (χ0n) is 12.4. The Morgan fingerprint density at radius 1 is 1.41 bits per heavy atom. The van der Waals surface area contributed by atoms with Crippen LogP contribution in [0.2, 0.25) is 0 Å². The van der Waals surface area contributed by atoms with Gasteiger partial charge in [0.1, 0.15) is 0 Å². The molecule has 2 aliphatic rings. The molecule has 0 spiro atoms. The molecule has 4 rings (SSSR count). The van der Waals surface area contributed by atoms with E-state index < -0.39 is 0 Å². The number of carbonyl (C=O) groups excluding carboxylic acids is 1. The number of rotatable bonds is 5. The first-order valence-corrected chi connectivity index (χ1v) is 8.83. The van der Waals surface area contributed by atoms with E-state index in [1.165, 1.54) is 25.7 Å². The molecule has 0 bridgehead atoms. The molecule has 5 nitrogen and oxygen atoms in total. The largest absolute Gasteiger partial charge is 0.308 e. The zero-order chi connectivity index (χ0) is 14.9. The lowest BCUT2D eigenvalue weighted by molar-refractivity contribution is -0.121. The van der Waals surface area contributed by atoms with Gasteiger partial charge in [0, 0.05) is 6.07 Å². The van der Waals surface area contributed by atoms with E-state index in [2.05, 4.69) is 20.4 Å². The molecule has 1 atom stereocenters. The van der Waals surface area contributed by atoms with Crippen molar-refractivity contribution < 1.29 is 4.79 Å². The van der Waals surface area contributed by atoms with Gasteiger partial charge in [-0.2, -0.15) is 5.10 Å². The van der Waals surface area contributed by atoms with E-state index in [-0.39, 0.29) is 11.9 Å². The van der Waals surface area contributed by atoms with E-state index in [1.807, 2.05) is 23.6 Å². The summed E-state index contributed by atoms with van der Waals surface area (Å²) in [7, 11) is 0. The van der Waals surface area contributed by atoms with Gasteiger partial charge in [0.2, 0.25) is 5.91 Å². The number of hydrogen-bond acceptors (Lipinski definition) is 4. The minimum absolute atomic E-state index is 0.0318. The third-order valence-corrected chi connectivity index (χ3v) is 5.39. The summed E-state index contributed by atoms with van der Waals surface area (Å²) in [4.78, 5) is 16.2. The third-order valence-electron chi connectivity index (χ3n) is 4.49. The van der Waals surface area contributed by atoms with Crippen molar-refractivity contribution in [1.29, 1.82) is 0 Å². The van der Waals surface area contributed by atoms with Gasteiger partial charge in [-0.3, -0.25) is 14.8 Å². The van der Waals surface area contributed by atoms with Crippen LogP contribution in [0.25, 0.3) is 10.6 Å². The average Bonchev–Trinajstić information content (AvgIpc) is 2.97. The summed E-state index contributed by atoms with van der Waals surface area (Å²) in [6.07, 6.45) is 4.77. The van der Waals surface area contributed by atoms with Gasteiger partial charge in [0.25, 0.3) is 0 Å². The van der Waals surface area contributed by atoms with Crippen LogP contribution in [0.15, 0.2) is 23.6 Å². The highest BCUT2D eigenvalue weighted by molar-refractivity contribution is 7.13. The molecule has 2 aromatic rings. The van der Waals surface area contributed by atoms with Crippen molar-refractivity contribution in [2.75, 3.05) is 18.4 Å². The van der Waals surface area contributed by atoms with Gasteiger partial charge in [0.05, 0.1) is 16.6 Å². The number of hydrogen-bond donors (Lipinski definition) is 2. The van der Waals surface area contributed by atoms with Crippen molar-refractivity contribution in [3.63, 3.8) is 0 Å². The van der Waals surface area contributed by atoms with Crippen LogP contribution in [0, 0.1) is 5.92 Å². The molecule has 1 unspecified atom stereocenters. The molecule has 6 heteroatoms. The van der Waals surface area contributed by atoms with E-state index in [0.717, 1.165) is 23.7 Å². The van der Waals surface area contributed by atoms with Gasteiger partial charge >= 0.3 is 0 Å². The molecule has 1 saturated heterocycles. The van der Waals surface area contributed by atoms with Gasteiger partial charge in [-0.1, -0.05) is 6.07 Å². The van der Waals surface area contributed by atoms with E-state index in [1.54, 1.807) is 11.3 Å². The van der Waals surface area contributed by atoms with Gasteiger partial charge in [-0.15, -0.1) is 11.3 Å². The van der Waals surface area contributed by atoms with Gasteiger partial charge < -0.3 is 5.32 Å². The van der Waals surface area contributed by atoms with Crippen LogP contribution in [-0.4, -0.2) is 40.1 Å². The molecule has 116 valence electrons. The minimum atomic E-state index is 0.0318. The summed E-state index contributed by atoms with van der Waals surface area (Å²) < 4.78 is 0. The Morgan fingerprint density at radius 2 is 2.23 bits per heavy atom. The summed E-state index contributed by atoms with van der Waals surface area (Å²) in [6, 6.07) is 6.00. The monoisotopic (exact) mass is 316 g/mol. The Labute approximate surface area is 133 Å². The number of aromatic nitrogens is 2. The Bertz CT molecular complexity index is 641. The minimum Gasteiger partial charge on any atom is -0.308 e. The van der Waals surface area contributed by atoms with Crippen LogP contribution in [0.4, 0.5) is 5.82 Å². The number of anilines is 1. The first-order chi connectivity index (χ1) is 10.8. The molecule has 1 amide bonds. The molecule has 2 fully saturated rings. The lowest BCUT2D eigenvalue weighted by atomic mass is 10.1. The van der Waals surface area contributed by atoms with Crippen LogP contribution in [0.5, 0.6) is 0 Å². The first kappa shape index (κ1) is 14.0. The number of carbonyl (C=O) groups is 1. The molecule has 22 heavy (non-hydrogen) atoms. The number of thiophene rings is 1. The van der Waals surface area contributed by atoms with Gasteiger partial charge in [-0.05, 0) is 56.1 Å². The summed E-state index contributed by atoms with van der Waals surface area (Å²) in [5.74, 6) is 1.26. The van der Waals surface area contributed by atoms with E-state index in [9.17, 15) is 4.79 Å². The van der Waals surface area contributed by atoms with Crippen molar-refractivity contribution in [3.8, 4) is 10.6 Å². The van der Waals surface area contributed by atoms with Crippen LogP contribution in [0.1, 0.15) is 25.7 Å². The van der Waals surface area contributed by atoms with Crippen molar-refractivity contribution in [1.82, 2.24) is 15.1 Å². The molecule has 1 aliphatic heterocycles. The Hall–Kier alpha value is -1.66. The Balaban J connectivity index is 1.46. The summed E-state index contributed by atoms with van der Waals surface area (Å²) in [5, 5.41) is 12.3. The normalized spacial score (nSPS) is 20.2. The second-order valence-electron chi connectivity index (χ2n) is 6.16. The standard InChI is InChI=1S/C16H20N4OS/c21-16(15(11-5-6-11)20-7-1-2-8-20)17-14-10-12(18-19-14)13-4-3-9-22-13/h3-4,9-11,15H,1-2,5-8H2,(H2,17,18,19,21). The summed E-state index contributed by atoms with van der Waals surface area (Å²) >= 11 is 1.66. The first-order valence-electron chi connectivity index (χ1n) is 7.95. The number of aromatic amines is 1. The predicted octanol–water partition coefficient (Wildman–Crippen LogP) is 2.95. The fourth-order valence-electron chi connectivity index (χ4n) is 3.25. The second-order valence-corrected chi connectivity index (χ2v) is 7.11. The lowest BCUT2D eigenvalue weighted by Gasteiger charge is -2.25. The maximum Gasteiger partial charge on any atom is 0.243 e. The van der Waals surface area contributed by atoms with Crippen LogP contribution in [-0.2, 0) is 4.79 Å². The predicted molar refractivity (Wildman–Crippen MR) is 87.8 cm³/mol. The lowest BCUT2D eigenvalue weighted by Crippen LogP contribution is -2.44. The highest BCUT2D eigenvalue weighted by Crippen LogP contribution is 2.37. The molecule has 3 heterocycles. The number of nitrogens with zero attached hydrogens (tertiary/aromatic N) is 2. The fourth-order valence-corrected chi connectivity index (χ4v) is 3.95. The van der Waals surface area contributed by atoms with Crippen LogP contribution in [0.3, 0.4) is 0 Å². The van der Waals surface area contributed by atoms with E-state index in [4.69, 9.17) is 0 Å². The van der Waals surface area contributed by atoms with Gasteiger partial charge in [-0.25, -0.2) is 0 Å². The van der Waals surface area contributed by atoms with Crippen LogP contribution < -0.4 is 5.32 Å². The Morgan fingerprint density at radius 3 is 2.91 bits per heavy atom. The van der Waals surface area contributed by atoms with E-state index in [0.29, 0.717) is 11.7 Å². The van der Waals surface area contributed by atoms with Crippen molar-refractivity contribution in [2.45, 2.75) is 31.7 Å². The zero-order valence-corrected chi connectivity index (χ0v) is 13.2. The molecular formula is C16H20N4OS. The van der Waals surface area contributed by atoms with E-state index >= 15 is 0 Å². The molecule has 2 aromatic heterocycles. The number of amides is 1. The maximum atomic E-state index is 12.7. The van der Waals surface area contributed by atoms with Gasteiger partial charge in [0.15, 0.2) is 5.82 Å². The number of nitrogens with one attached hydrogen (secondary N) is 2. The molecule has 1 aliphatic carbocycles. The fraction of sp³-hybridized carbons (Fsp3) is 0.500. The number of H-pyrrole nitrogens is 1.